The summed E-state index contributed by atoms with van der Waals surface area (Å²) in [6, 6.07) is 3.18. The molecule has 3 atom stereocenters. The van der Waals surface area contributed by atoms with Crippen molar-refractivity contribution in [2.24, 2.45) is 0 Å². The Morgan fingerprint density at radius 2 is 1.89 bits per heavy atom. The molecule has 1 saturated heterocycles. The minimum absolute atomic E-state index is 0.0265. The SMILES string of the molecule is [B]C([B])([B])c1ccc(-n2nccn2)c(C(=O)N2CC(C)OC(C)C2CNc2ncc(C(F)(F)F)cc2Cl)n1. The molecule has 0 saturated carbocycles. The highest BCUT2D eigenvalue weighted by Gasteiger charge is 2.38. The van der Waals surface area contributed by atoms with Crippen molar-refractivity contribution < 1.29 is 22.7 Å². The molecule has 0 bridgehead atoms. The van der Waals surface area contributed by atoms with E-state index in [-0.39, 0.29) is 47.1 Å². The second-order valence-electron chi connectivity index (χ2n) is 8.93. The Morgan fingerprint density at radius 3 is 2.50 bits per heavy atom. The Bertz CT molecular complexity index is 1310. The van der Waals surface area contributed by atoms with E-state index in [9.17, 15) is 18.0 Å². The van der Waals surface area contributed by atoms with E-state index in [2.05, 4.69) is 25.5 Å². The van der Waals surface area contributed by atoms with Crippen molar-refractivity contribution in [3.63, 3.8) is 0 Å². The highest BCUT2D eigenvalue weighted by Crippen LogP contribution is 2.32. The van der Waals surface area contributed by atoms with Crippen LogP contribution in [0.4, 0.5) is 19.0 Å². The third-order valence-electron chi connectivity index (χ3n) is 5.91. The summed E-state index contributed by atoms with van der Waals surface area (Å²) in [6.07, 6.45) is -1.84. The maximum Gasteiger partial charge on any atom is 0.417 e. The summed E-state index contributed by atoms with van der Waals surface area (Å²) in [7, 11) is 17.5. The fourth-order valence-corrected chi connectivity index (χ4v) is 4.32. The average Bonchev–Trinajstić information content (AvgIpc) is 3.36. The van der Waals surface area contributed by atoms with Gasteiger partial charge in [0.2, 0.25) is 0 Å². The van der Waals surface area contributed by atoms with Crippen LogP contribution in [0.2, 0.25) is 5.02 Å². The number of pyridine rings is 2. The highest BCUT2D eigenvalue weighted by atomic mass is 35.5. The van der Waals surface area contributed by atoms with Crippen LogP contribution in [-0.2, 0) is 16.0 Å². The molecule has 0 aliphatic carbocycles. The van der Waals surface area contributed by atoms with Gasteiger partial charge in [-0.1, -0.05) is 16.7 Å². The largest absolute Gasteiger partial charge is 0.417 e. The fraction of sp³-hybridized carbons (Fsp3) is 0.409. The van der Waals surface area contributed by atoms with Gasteiger partial charge in [-0.3, -0.25) is 4.79 Å². The zero-order chi connectivity index (χ0) is 27.8. The number of nitrogens with zero attached hydrogens (tertiary/aromatic N) is 6. The predicted molar refractivity (Wildman–Crippen MR) is 136 cm³/mol. The molecule has 1 fully saturated rings. The number of carbonyl (C=O) groups excluding carboxylic acids is 1. The lowest BCUT2D eigenvalue weighted by molar-refractivity contribution is -0.137. The van der Waals surface area contributed by atoms with Gasteiger partial charge in [-0.15, -0.1) is 4.80 Å². The molecule has 1 aliphatic heterocycles. The van der Waals surface area contributed by atoms with Crippen LogP contribution >= 0.6 is 11.6 Å². The smallest absolute Gasteiger partial charge is 0.372 e. The van der Waals surface area contributed by atoms with Gasteiger partial charge in [-0.25, -0.2) is 9.97 Å². The second-order valence-corrected chi connectivity index (χ2v) is 9.33. The van der Waals surface area contributed by atoms with E-state index in [1.807, 2.05) is 0 Å². The highest BCUT2D eigenvalue weighted by molar-refractivity contribution is 6.58. The molecule has 6 radical (unpaired) electrons. The monoisotopic (exact) mass is 539 g/mol. The van der Waals surface area contributed by atoms with E-state index in [4.69, 9.17) is 39.9 Å². The van der Waals surface area contributed by atoms with Gasteiger partial charge in [0.15, 0.2) is 5.69 Å². The first-order valence-corrected chi connectivity index (χ1v) is 11.8. The number of morpholine rings is 1. The Morgan fingerprint density at radius 1 is 1.21 bits per heavy atom. The van der Waals surface area contributed by atoms with Crippen molar-refractivity contribution in [2.75, 3.05) is 18.4 Å². The minimum Gasteiger partial charge on any atom is -0.372 e. The second kappa shape index (κ2) is 10.6. The van der Waals surface area contributed by atoms with E-state index in [0.29, 0.717) is 6.20 Å². The summed E-state index contributed by atoms with van der Waals surface area (Å²) in [5.41, 5.74) is -0.712. The number of hydrogen-bond donors (Lipinski definition) is 1. The molecule has 4 rings (SSSR count). The molecule has 1 N–H and O–H groups in total. The van der Waals surface area contributed by atoms with Gasteiger partial charge in [0.25, 0.3) is 5.91 Å². The maximum absolute atomic E-state index is 14.0. The predicted octanol–water partition coefficient (Wildman–Crippen LogP) is 2.08. The Kier molecular flexibility index (Phi) is 7.80. The number of aromatic nitrogens is 5. The standard InChI is InChI=1S/C22H20B3ClF3N7O2/c1-11-10-35(16(12(2)38-11)9-31-19-14(26)7-13(8-30-19)22(27,28)29)20(37)18-15(36-32-5-6-33-36)3-4-17(34-18)21(23,24)25/h3-8,11-12,16H,9-10H2,1-2H3,(H,30,31). The van der Waals surface area contributed by atoms with Crippen LogP contribution in [0.3, 0.4) is 0 Å². The number of halogens is 4. The van der Waals surface area contributed by atoms with Crippen LogP contribution in [-0.4, -0.2) is 90.6 Å². The summed E-state index contributed by atoms with van der Waals surface area (Å²) >= 11 is 6.05. The first-order valence-electron chi connectivity index (χ1n) is 11.4. The van der Waals surface area contributed by atoms with E-state index < -0.39 is 34.9 Å². The molecule has 192 valence electrons. The normalized spacial score (nSPS) is 20.4. The number of ether oxygens (including phenoxy) is 1. The van der Waals surface area contributed by atoms with Gasteiger partial charge >= 0.3 is 6.18 Å². The number of nitrogens with one attached hydrogen (secondary N) is 1. The van der Waals surface area contributed by atoms with Gasteiger partial charge in [0, 0.05) is 25.0 Å². The van der Waals surface area contributed by atoms with Gasteiger partial charge in [-0.05, 0) is 32.0 Å². The molecule has 1 amide bonds. The third-order valence-corrected chi connectivity index (χ3v) is 6.19. The van der Waals surface area contributed by atoms with E-state index in [1.54, 1.807) is 13.8 Å². The Labute approximate surface area is 225 Å². The van der Waals surface area contributed by atoms with Gasteiger partial charge in [-0.2, -0.15) is 23.4 Å². The molecule has 1 aliphatic rings. The van der Waals surface area contributed by atoms with Crippen molar-refractivity contribution in [3.05, 3.63) is 58.8 Å². The molecule has 0 aromatic carbocycles. The van der Waals surface area contributed by atoms with Crippen LogP contribution in [0.15, 0.2) is 36.8 Å². The van der Waals surface area contributed by atoms with Crippen LogP contribution in [0.1, 0.15) is 35.6 Å². The van der Waals surface area contributed by atoms with E-state index in [0.717, 1.165) is 6.07 Å². The average molecular weight is 539 g/mol. The number of amides is 1. The van der Waals surface area contributed by atoms with Crippen LogP contribution in [0.5, 0.6) is 0 Å². The number of rotatable bonds is 6. The van der Waals surface area contributed by atoms with Crippen molar-refractivity contribution in [2.45, 2.75) is 43.4 Å². The quantitative estimate of drug-likeness (QED) is 0.480. The number of alkyl halides is 3. The number of anilines is 1. The summed E-state index contributed by atoms with van der Waals surface area (Å²) in [5.74, 6) is -0.484. The third kappa shape index (κ3) is 5.99. The van der Waals surface area contributed by atoms with Crippen molar-refractivity contribution in [3.8, 4) is 5.69 Å². The van der Waals surface area contributed by atoms with Gasteiger partial charge in [0.05, 0.1) is 64.8 Å². The van der Waals surface area contributed by atoms with Crippen molar-refractivity contribution in [1.82, 2.24) is 29.9 Å². The first kappa shape index (κ1) is 28.0. The lowest BCUT2D eigenvalue weighted by Crippen LogP contribution is -2.58. The lowest BCUT2D eigenvalue weighted by atomic mass is 9.41. The number of hydrogen-bond acceptors (Lipinski definition) is 7. The number of carbonyl (C=O) groups is 1. The van der Waals surface area contributed by atoms with Crippen molar-refractivity contribution in [1.29, 1.82) is 0 Å². The molecular weight excluding hydrogens is 519 g/mol. The summed E-state index contributed by atoms with van der Waals surface area (Å²) in [6.45, 7) is 3.82. The van der Waals surface area contributed by atoms with E-state index >= 15 is 0 Å². The summed E-state index contributed by atoms with van der Waals surface area (Å²) in [5, 5.41) is 9.06. The molecule has 16 heteroatoms. The van der Waals surface area contributed by atoms with E-state index in [1.165, 1.54) is 34.2 Å². The molecule has 3 unspecified atom stereocenters. The zero-order valence-corrected chi connectivity index (χ0v) is 21.1. The van der Waals surface area contributed by atoms with Crippen LogP contribution in [0, 0.1) is 0 Å². The molecule has 4 heterocycles. The van der Waals surface area contributed by atoms with Crippen LogP contribution in [0.25, 0.3) is 5.69 Å². The molecule has 9 nitrogen and oxygen atoms in total. The van der Waals surface area contributed by atoms with Crippen molar-refractivity contribution >= 4 is 46.9 Å². The molecule has 3 aromatic rings. The minimum atomic E-state index is -4.59. The molecular formula is C22H20B3ClF3N7O2. The Hall–Kier alpha value is -3.06. The maximum atomic E-state index is 14.0. The fourth-order valence-electron chi connectivity index (χ4n) is 4.09. The van der Waals surface area contributed by atoms with Crippen LogP contribution < -0.4 is 5.32 Å². The van der Waals surface area contributed by atoms with Gasteiger partial charge < -0.3 is 15.0 Å². The lowest BCUT2D eigenvalue weighted by Gasteiger charge is -2.43. The summed E-state index contributed by atoms with van der Waals surface area (Å²) < 4.78 is 44.9. The van der Waals surface area contributed by atoms with Gasteiger partial charge in [0.1, 0.15) is 11.5 Å². The molecule has 3 aromatic heterocycles. The topological polar surface area (TPSA) is 98.1 Å². The first-order chi connectivity index (χ1) is 17.8. The summed E-state index contributed by atoms with van der Waals surface area (Å²) in [4.78, 5) is 24.9. The molecule has 0 spiro atoms. The Balaban J connectivity index is 1.66. The zero-order valence-electron chi connectivity index (χ0n) is 20.4. The molecule has 38 heavy (non-hydrogen) atoms.